The first-order chi connectivity index (χ1) is 19.0. The number of carbonyl (C=O) groups is 1. The fraction of sp³-hybridized carbons (Fsp3) is 0.0714. The van der Waals surface area contributed by atoms with Crippen LogP contribution < -0.4 is 21.1 Å². The molecule has 2 aromatic carbocycles. The number of para-hydroxylation sites is 1. The first-order valence-corrected chi connectivity index (χ1v) is 12.2. The highest BCUT2D eigenvalue weighted by Gasteiger charge is 2.27. The Bertz CT molecular complexity index is 1910. The highest BCUT2D eigenvalue weighted by molar-refractivity contribution is 6.03. The maximum atomic E-state index is 14.1. The van der Waals surface area contributed by atoms with Gasteiger partial charge in [0.25, 0.3) is 11.5 Å². The van der Waals surface area contributed by atoms with E-state index in [1.54, 1.807) is 42.2 Å². The molecule has 1 atom stereocenters. The number of hydrogen-bond acceptors (Lipinski definition) is 6. The Morgan fingerprint density at radius 1 is 1.08 bits per heavy atom. The molecule has 5 N–H and O–H groups in total. The van der Waals surface area contributed by atoms with Gasteiger partial charge in [-0.1, -0.05) is 36.4 Å². The van der Waals surface area contributed by atoms with Crippen LogP contribution in [0.3, 0.4) is 0 Å². The van der Waals surface area contributed by atoms with Gasteiger partial charge in [0.1, 0.15) is 18.2 Å². The number of aromatic amines is 2. The first-order valence-electron chi connectivity index (χ1n) is 12.2. The Labute approximate surface area is 221 Å². The van der Waals surface area contributed by atoms with Crippen LogP contribution in [-0.2, 0) is 0 Å². The van der Waals surface area contributed by atoms with Crippen molar-refractivity contribution in [3.05, 3.63) is 112 Å². The molecule has 0 spiro atoms. The molecule has 39 heavy (non-hydrogen) atoms. The minimum atomic E-state index is -0.656. The summed E-state index contributed by atoms with van der Waals surface area (Å²) in [5.74, 6) is 0.113. The zero-order valence-electron chi connectivity index (χ0n) is 20.9. The maximum absolute atomic E-state index is 14.1. The number of rotatable bonds is 6. The van der Waals surface area contributed by atoms with E-state index in [-0.39, 0.29) is 16.9 Å². The van der Waals surface area contributed by atoms with Gasteiger partial charge in [0, 0.05) is 12.3 Å². The molecule has 0 aliphatic heterocycles. The van der Waals surface area contributed by atoms with E-state index in [1.165, 1.54) is 4.57 Å². The van der Waals surface area contributed by atoms with Crippen LogP contribution in [0.1, 0.15) is 40.4 Å². The maximum Gasteiger partial charge on any atom is 0.362 e. The molecule has 4 aromatic heterocycles. The quantitative estimate of drug-likeness (QED) is 0.249. The topological polar surface area (TPSA) is 151 Å². The summed E-state index contributed by atoms with van der Waals surface area (Å²) in [6, 6.07) is 17.6. The van der Waals surface area contributed by atoms with Crippen LogP contribution in [0.2, 0.25) is 0 Å². The van der Waals surface area contributed by atoms with Gasteiger partial charge in [0.05, 0.1) is 28.3 Å². The van der Waals surface area contributed by atoms with Crippen molar-refractivity contribution in [1.82, 2.24) is 35.1 Å². The van der Waals surface area contributed by atoms with Gasteiger partial charge in [-0.2, -0.15) is 5.10 Å². The summed E-state index contributed by atoms with van der Waals surface area (Å²) in [7, 11) is 0. The monoisotopic (exact) mass is 518 g/mol. The van der Waals surface area contributed by atoms with E-state index in [1.807, 2.05) is 60.7 Å². The molecule has 0 radical (unpaired) electrons. The van der Waals surface area contributed by atoms with Gasteiger partial charge in [0.2, 0.25) is 0 Å². The highest BCUT2D eigenvalue weighted by atomic mass is 16.2. The van der Waals surface area contributed by atoms with Gasteiger partial charge in [-0.3, -0.25) is 19.3 Å². The average Bonchev–Trinajstić information content (AvgIpc) is 3.59. The van der Waals surface area contributed by atoms with Crippen LogP contribution in [0.15, 0.2) is 84.0 Å². The summed E-state index contributed by atoms with van der Waals surface area (Å²) >= 11 is 0. The summed E-state index contributed by atoms with van der Waals surface area (Å²) < 4.78 is 3.10. The number of benzene rings is 2. The Balaban J connectivity index is 1.47. The molecule has 0 saturated heterocycles. The second kappa shape index (κ2) is 9.71. The van der Waals surface area contributed by atoms with E-state index in [9.17, 15) is 9.59 Å². The number of H-pyrrole nitrogens is 2. The lowest BCUT2D eigenvalue weighted by Crippen LogP contribution is -2.34. The zero-order valence-corrected chi connectivity index (χ0v) is 20.9. The summed E-state index contributed by atoms with van der Waals surface area (Å²) in [5.41, 5.74) is 9.11. The number of aromatic nitrogens is 7. The van der Waals surface area contributed by atoms with E-state index < -0.39 is 11.9 Å². The van der Waals surface area contributed by atoms with E-state index in [2.05, 4.69) is 25.6 Å². The zero-order chi connectivity index (χ0) is 26.9. The number of fused-ring (bicyclic) bond motifs is 2. The van der Waals surface area contributed by atoms with Crippen LogP contribution in [0.5, 0.6) is 0 Å². The van der Waals surface area contributed by atoms with Gasteiger partial charge in [-0.15, -0.1) is 4.52 Å². The van der Waals surface area contributed by atoms with Gasteiger partial charge in [-0.05, 0) is 47.8 Å². The van der Waals surface area contributed by atoms with Crippen molar-refractivity contribution < 1.29 is 9.31 Å². The minimum Gasteiger partial charge on any atom is -0.382 e. The van der Waals surface area contributed by atoms with Gasteiger partial charge in [-0.25, -0.2) is 10.1 Å². The third-order valence-electron chi connectivity index (χ3n) is 6.38. The van der Waals surface area contributed by atoms with Crippen molar-refractivity contribution in [1.29, 1.82) is 0 Å². The molecule has 11 heteroatoms. The standard InChI is InChI=1S/C28H23N9O2/c1-17(32-27(38)23-24(29)35-36-16-6-14-30-26(23)36)25-33-21-10-5-7-18(11-12-19-13-15-31-34-19)22(21)28(39)37(25)20-8-3-2-4-9-20/h2-17H,1H3,(H4,29,31,32,34,35,38,39)/p+1. The van der Waals surface area contributed by atoms with E-state index >= 15 is 0 Å². The average molecular weight is 519 g/mol. The fourth-order valence-corrected chi connectivity index (χ4v) is 4.58. The lowest BCUT2D eigenvalue weighted by atomic mass is 10.1. The predicted molar refractivity (Wildman–Crippen MR) is 147 cm³/mol. The predicted octanol–water partition coefficient (Wildman–Crippen LogP) is 2.81. The molecule has 1 unspecified atom stereocenters. The first kappa shape index (κ1) is 23.8. The molecular weight excluding hydrogens is 494 g/mol. The van der Waals surface area contributed by atoms with Crippen molar-refractivity contribution >= 4 is 40.4 Å². The number of nitrogens with zero attached hydrogens (tertiary/aromatic N) is 5. The van der Waals surface area contributed by atoms with E-state index in [0.29, 0.717) is 33.6 Å². The largest absolute Gasteiger partial charge is 0.382 e. The molecule has 192 valence electrons. The number of amides is 1. The summed E-state index contributed by atoms with van der Waals surface area (Å²) in [6.07, 6.45) is 8.66. The van der Waals surface area contributed by atoms with Crippen molar-refractivity contribution in [3.63, 3.8) is 0 Å². The van der Waals surface area contributed by atoms with Crippen molar-refractivity contribution in [2.75, 3.05) is 5.73 Å². The van der Waals surface area contributed by atoms with Gasteiger partial charge >= 0.3 is 5.65 Å². The number of carbonyl (C=O) groups excluding carboxylic acids is 1. The van der Waals surface area contributed by atoms with Crippen molar-refractivity contribution in [2.45, 2.75) is 13.0 Å². The number of nitrogens with one attached hydrogen (secondary N) is 3. The summed E-state index contributed by atoms with van der Waals surface area (Å²) in [5, 5.41) is 13.2. The molecule has 0 aliphatic rings. The lowest BCUT2D eigenvalue weighted by Gasteiger charge is -2.20. The molecule has 1 amide bonds. The molecule has 0 bridgehead atoms. The number of anilines is 1. The fourth-order valence-electron chi connectivity index (χ4n) is 4.58. The number of nitrogens with two attached hydrogens (primary N) is 1. The molecule has 11 nitrogen and oxygen atoms in total. The van der Waals surface area contributed by atoms with Crippen molar-refractivity contribution in [3.8, 4) is 5.69 Å². The molecule has 0 saturated carbocycles. The molecule has 6 rings (SSSR count). The van der Waals surface area contributed by atoms with Crippen LogP contribution in [-0.4, -0.2) is 35.7 Å². The Morgan fingerprint density at radius 3 is 2.72 bits per heavy atom. The normalized spacial score (nSPS) is 12.3. The second-order valence-electron chi connectivity index (χ2n) is 8.94. The third kappa shape index (κ3) is 4.31. The van der Waals surface area contributed by atoms with Crippen molar-refractivity contribution in [2.24, 2.45) is 0 Å². The number of hydrogen-bond donors (Lipinski definition) is 4. The minimum absolute atomic E-state index is 0.180. The summed E-state index contributed by atoms with van der Waals surface area (Å²) in [4.78, 5) is 36.6. The van der Waals surface area contributed by atoms with Gasteiger partial charge < -0.3 is 11.1 Å². The summed E-state index contributed by atoms with van der Waals surface area (Å²) in [6.45, 7) is 1.78. The van der Waals surface area contributed by atoms with Crippen LogP contribution in [0, 0.1) is 0 Å². The van der Waals surface area contributed by atoms with Gasteiger partial charge in [0.15, 0.2) is 11.4 Å². The third-order valence-corrected chi connectivity index (χ3v) is 6.38. The number of nitrogen functional groups attached to an aromatic ring is 1. The molecule has 4 heterocycles. The second-order valence-corrected chi connectivity index (χ2v) is 8.94. The van der Waals surface area contributed by atoms with E-state index in [4.69, 9.17) is 10.7 Å². The van der Waals surface area contributed by atoms with Crippen LogP contribution in [0.25, 0.3) is 34.4 Å². The lowest BCUT2D eigenvalue weighted by molar-refractivity contribution is -0.577. The Morgan fingerprint density at radius 2 is 1.92 bits per heavy atom. The van der Waals surface area contributed by atoms with E-state index in [0.717, 1.165) is 5.69 Å². The van der Waals surface area contributed by atoms with Crippen LogP contribution >= 0.6 is 0 Å². The Hall–Kier alpha value is -5.58. The molecule has 6 aromatic rings. The molecular formula is C28H24N9O2+. The SMILES string of the molecule is CC(NC(=O)c1c(N)[nH][n+]2cccnc12)c1nc2cccc(C=Cc3ccn[nH]3)c2c(=O)n1-c1ccccc1. The molecule has 0 aliphatic carbocycles. The van der Waals surface area contributed by atoms with Crippen LogP contribution in [0.4, 0.5) is 5.82 Å². The smallest absolute Gasteiger partial charge is 0.362 e. The highest BCUT2D eigenvalue weighted by Crippen LogP contribution is 2.22. The Kier molecular flexibility index (Phi) is 5.92. The molecule has 0 fully saturated rings.